The van der Waals surface area contributed by atoms with Crippen LogP contribution in [-0.4, -0.2) is 12.9 Å². The summed E-state index contributed by atoms with van der Waals surface area (Å²) in [5.41, 5.74) is 3.42. The number of benzene rings is 2. The van der Waals surface area contributed by atoms with Gasteiger partial charge < -0.3 is 4.74 Å². The van der Waals surface area contributed by atoms with E-state index in [0.29, 0.717) is 18.6 Å². The molecule has 0 aliphatic heterocycles. The van der Waals surface area contributed by atoms with Gasteiger partial charge in [0, 0.05) is 18.8 Å². The van der Waals surface area contributed by atoms with Crippen molar-refractivity contribution in [2.75, 3.05) is 7.11 Å². The predicted molar refractivity (Wildman–Crippen MR) is 84.4 cm³/mol. The van der Waals surface area contributed by atoms with Gasteiger partial charge in [0.25, 0.3) is 0 Å². The lowest BCUT2D eigenvalue weighted by Crippen LogP contribution is -2.12. The molecule has 2 heteroatoms. The Kier molecular flexibility index (Phi) is 3.87. The molecule has 21 heavy (non-hydrogen) atoms. The van der Waals surface area contributed by atoms with Gasteiger partial charge >= 0.3 is 0 Å². The molecule has 0 heterocycles. The van der Waals surface area contributed by atoms with Gasteiger partial charge in [-0.05, 0) is 28.8 Å². The second kappa shape index (κ2) is 5.96. The summed E-state index contributed by atoms with van der Waals surface area (Å²) in [6.45, 7) is 0. The molecule has 0 spiro atoms. The van der Waals surface area contributed by atoms with Gasteiger partial charge in [-0.15, -0.1) is 0 Å². The van der Waals surface area contributed by atoms with E-state index in [1.165, 1.54) is 5.56 Å². The van der Waals surface area contributed by atoms with Crippen LogP contribution in [0.4, 0.5) is 0 Å². The van der Waals surface area contributed by atoms with Crippen LogP contribution in [0.5, 0.6) is 5.75 Å². The van der Waals surface area contributed by atoms with Crippen molar-refractivity contribution >= 4 is 11.4 Å². The fraction of sp³-hybridized carbons (Fsp3) is 0.211. The summed E-state index contributed by atoms with van der Waals surface area (Å²) in [4.78, 5) is 12.1. The molecule has 0 saturated heterocycles. The minimum absolute atomic E-state index is 0.185. The Hall–Kier alpha value is -2.35. The maximum absolute atomic E-state index is 12.1. The number of carbonyl (C=O) groups excluding carboxylic acids is 1. The lowest BCUT2D eigenvalue weighted by molar-refractivity contribution is -0.118. The van der Waals surface area contributed by atoms with Crippen molar-refractivity contribution < 1.29 is 9.53 Å². The molecule has 1 aliphatic carbocycles. The molecule has 0 aromatic heterocycles. The summed E-state index contributed by atoms with van der Waals surface area (Å²) in [6, 6.07) is 18.1. The van der Waals surface area contributed by atoms with E-state index in [0.717, 1.165) is 16.9 Å². The fourth-order valence-electron chi connectivity index (χ4n) is 2.81. The second-order valence-corrected chi connectivity index (χ2v) is 5.36. The van der Waals surface area contributed by atoms with Crippen LogP contribution in [0.25, 0.3) is 5.57 Å². The molecule has 0 N–H and O–H groups in total. The summed E-state index contributed by atoms with van der Waals surface area (Å²) in [5.74, 6) is 1.32. The lowest BCUT2D eigenvalue weighted by atomic mass is 9.83. The van der Waals surface area contributed by atoms with E-state index in [1.807, 2.05) is 42.5 Å². The third kappa shape index (κ3) is 3.05. The van der Waals surface area contributed by atoms with Crippen LogP contribution in [0.15, 0.2) is 60.7 Å². The molecule has 1 unspecified atom stereocenters. The summed E-state index contributed by atoms with van der Waals surface area (Å²) in [6.07, 6.45) is 3.36. The molecule has 1 atom stereocenters. The molecule has 0 fully saturated rings. The van der Waals surface area contributed by atoms with Crippen LogP contribution < -0.4 is 4.74 Å². The number of allylic oxidation sites excluding steroid dienone is 2. The van der Waals surface area contributed by atoms with Crippen LogP contribution in [0, 0.1) is 0 Å². The first-order chi connectivity index (χ1) is 10.3. The highest BCUT2D eigenvalue weighted by atomic mass is 16.5. The fourth-order valence-corrected chi connectivity index (χ4v) is 2.81. The molecule has 0 saturated carbocycles. The van der Waals surface area contributed by atoms with Gasteiger partial charge in [-0.2, -0.15) is 0 Å². The second-order valence-electron chi connectivity index (χ2n) is 5.36. The summed E-state index contributed by atoms with van der Waals surface area (Å²) < 4.78 is 5.18. The predicted octanol–water partition coefficient (Wildman–Crippen LogP) is 4.23. The minimum atomic E-state index is 0.185. The number of hydrogen-bond acceptors (Lipinski definition) is 2. The van der Waals surface area contributed by atoms with E-state index in [4.69, 9.17) is 4.74 Å². The van der Waals surface area contributed by atoms with Crippen molar-refractivity contribution in [1.82, 2.24) is 0 Å². The minimum Gasteiger partial charge on any atom is -0.497 e. The average molecular weight is 278 g/mol. The first-order valence-electron chi connectivity index (χ1n) is 7.18. The first kappa shape index (κ1) is 13.6. The Morgan fingerprint density at radius 1 is 1.00 bits per heavy atom. The quantitative estimate of drug-likeness (QED) is 0.840. The van der Waals surface area contributed by atoms with Crippen LogP contribution in [0.1, 0.15) is 29.9 Å². The summed E-state index contributed by atoms with van der Waals surface area (Å²) >= 11 is 0. The molecule has 0 radical (unpaired) electrons. The van der Waals surface area contributed by atoms with Gasteiger partial charge in [-0.25, -0.2) is 0 Å². The summed E-state index contributed by atoms with van der Waals surface area (Å²) in [5, 5.41) is 0. The Morgan fingerprint density at radius 3 is 2.38 bits per heavy atom. The van der Waals surface area contributed by atoms with Gasteiger partial charge in [0.2, 0.25) is 0 Å². The van der Waals surface area contributed by atoms with Crippen molar-refractivity contribution in [3.8, 4) is 5.75 Å². The van der Waals surface area contributed by atoms with E-state index in [9.17, 15) is 4.79 Å². The lowest BCUT2D eigenvalue weighted by Gasteiger charge is -2.21. The molecular formula is C19H18O2. The molecule has 1 aliphatic rings. The van der Waals surface area contributed by atoms with Crippen molar-refractivity contribution in [3.05, 3.63) is 71.8 Å². The van der Waals surface area contributed by atoms with Crippen molar-refractivity contribution in [1.29, 1.82) is 0 Å². The smallest absolute Gasteiger partial charge is 0.138 e. The molecule has 2 nitrogen and oxygen atoms in total. The summed E-state index contributed by atoms with van der Waals surface area (Å²) in [7, 11) is 1.66. The number of carbonyl (C=O) groups is 1. The Bertz CT molecular complexity index is 654. The highest BCUT2D eigenvalue weighted by Crippen LogP contribution is 2.34. The van der Waals surface area contributed by atoms with Gasteiger partial charge in [-0.1, -0.05) is 48.5 Å². The van der Waals surface area contributed by atoms with E-state index >= 15 is 0 Å². The molecular weight excluding hydrogens is 260 g/mol. The first-order valence-corrected chi connectivity index (χ1v) is 7.18. The van der Waals surface area contributed by atoms with Gasteiger partial charge in [0.1, 0.15) is 11.5 Å². The van der Waals surface area contributed by atoms with E-state index in [2.05, 4.69) is 18.2 Å². The van der Waals surface area contributed by atoms with Crippen LogP contribution in [-0.2, 0) is 4.79 Å². The van der Waals surface area contributed by atoms with Gasteiger partial charge in [0.05, 0.1) is 7.11 Å². The maximum atomic E-state index is 12.1. The van der Waals surface area contributed by atoms with Crippen LogP contribution >= 0.6 is 0 Å². The van der Waals surface area contributed by atoms with Crippen LogP contribution in [0.3, 0.4) is 0 Å². The molecule has 3 rings (SSSR count). The Labute approximate surface area is 125 Å². The van der Waals surface area contributed by atoms with Crippen molar-refractivity contribution in [3.63, 3.8) is 0 Å². The SMILES string of the molecule is COc1ccc(C2=CC(c3ccccc3)CC(=O)C2)cc1. The zero-order valence-corrected chi connectivity index (χ0v) is 12.1. The maximum Gasteiger partial charge on any atom is 0.138 e. The molecule has 2 aromatic rings. The van der Waals surface area contributed by atoms with Crippen molar-refractivity contribution in [2.24, 2.45) is 0 Å². The third-order valence-electron chi connectivity index (χ3n) is 3.93. The van der Waals surface area contributed by atoms with E-state index < -0.39 is 0 Å². The van der Waals surface area contributed by atoms with E-state index in [-0.39, 0.29) is 5.92 Å². The molecule has 2 aromatic carbocycles. The zero-order valence-electron chi connectivity index (χ0n) is 12.1. The molecule has 0 amide bonds. The average Bonchev–Trinajstić information content (AvgIpc) is 2.55. The van der Waals surface area contributed by atoms with Gasteiger partial charge in [-0.3, -0.25) is 4.79 Å². The van der Waals surface area contributed by atoms with Gasteiger partial charge in [0.15, 0.2) is 0 Å². The number of hydrogen-bond donors (Lipinski definition) is 0. The zero-order chi connectivity index (χ0) is 14.7. The number of methoxy groups -OCH3 is 1. The van der Waals surface area contributed by atoms with Crippen LogP contribution in [0.2, 0.25) is 0 Å². The number of rotatable bonds is 3. The van der Waals surface area contributed by atoms with Crippen molar-refractivity contribution in [2.45, 2.75) is 18.8 Å². The Morgan fingerprint density at radius 2 is 1.71 bits per heavy atom. The Balaban J connectivity index is 1.92. The topological polar surface area (TPSA) is 26.3 Å². The number of ether oxygens (including phenoxy) is 1. The standard InChI is InChI=1S/C19H18O2/c1-21-19-9-7-15(8-10-19)17-11-16(12-18(20)13-17)14-5-3-2-4-6-14/h2-11,16H,12-13H2,1H3. The number of Topliss-reactive ketones (excluding diaryl/α,β-unsaturated/α-hetero) is 1. The third-order valence-corrected chi connectivity index (χ3v) is 3.93. The highest BCUT2D eigenvalue weighted by Gasteiger charge is 2.21. The normalized spacial score (nSPS) is 18.2. The number of ketones is 1. The largest absolute Gasteiger partial charge is 0.497 e. The highest BCUT2D eigenvalue weighted by molar-refractivity contribution is 5.93. The monoisotopic (exact) mass is 278 g/mol. The van der Waals surface area contributed by atoms with E-state index in [1.54, 1.807) is 7.11 Å². The molecule has 106 valence electrons. The molecule has 0 bridgehead atoms.